The fraction of sp³-hybridized carbons (Fsp3) is 0.467. The quantitative estimate of drug-likeness (QED) is 0.906. The standard InChI is InChI=1S/C15H19NO3/c1-11(12-5-3-2-4-6-12)14(17)16-9-7-13(8-10-16)15(18)19/h2-6,11,13H,7-10H2,1H3,(H,18,19)/t11-/m1/s1. The Labute approximate surface area is 113 Å². The van der Waals surface area contributed by atoms with Crippen LogP contribution < -0.4 is 0 Å². The Hall–Kier alpha value is -1.84. The van der Waals surface area contributed by atoms with Gasteiger partial charge in [0.2, 0.25) is 5.91 Å². The highest BCUT2D eigenvalue weighted by Gasteiger charge is 2.29. The zero-order valence-corrected chi connectivity index (χ0v) is 11.1. The van der Waals surface area contributed by atoms with Gasteiger partial charge in [0.15, 0.2) is 0 Å². The molecule has 0 radical (unpaired) electrons. The summed E-state index contributed by atoms with van der Waals surface area (Å²) < 4.78 is 0. The molecule has 1 N–H and O–H groups in total. The van der Waals surface area contributed by atoms with Gasteiger partial charge in [0.1, 0.15) is 0 Å². The zero-order chi connectivity index (χ0) is 13.8. The van der Waals surface area contributed by atoms with E-state index in [2.05, 4.69) is 0 Å². The van der Waals surface area contributed by atoms with Gasteiger partial charge in [0, 0.05) is 13.1 Å². The molecule has 4 heteroatoms. The Morgan fingerprint density at radius 2 is 1.79 bits per heavy atom. The van der Waals surface area contributed by atoms with Gasteiger partial charge >= 0.3 is 5.97 Å². The van der Waals surface area contributed by atoms with Crippen LogP contribution in [0.2, 0.25) is 0 Å². The first kappa shape index (κ1) is 13.6. The molecule has 102 valence electrons. The van der Waals surface area contributed by atoms with Crippen LogP contribution in [-0.4, -0.2) is 35.0 Å². The third-order valence-electron chi connectivity index (χ3n) is 3.83. The van der Waals surface area contributed by atoms with Gasteiger partial charge in [-0.25, -0.2) is 0 Å². The minimum absolute atomic E-state index is 0.0926. The average molecular weight is 261 g/mol. The van der Waals surface area contributed by atoms with E-state index in [1.165, 1.54) is 0 Å². The molecule has 1 saturated heterocycles. The lowest BCUT2D eigenvalue weighted by Gasteiger charge is -2.32. The summed E-state index contributed by atoms with van der Waals surface area (Å²) in [6.07, 6.45) is 1.12. The number of piperidine rings is 1. The number of likely N-dealkylation sites (tertiary alicyclic amines) is 1. The molecule has 1 heterocycles. The SMILES string of the molecule is C[C@@H](C(=O)N1CCC(C(=O)O)CC1)c1ccccc1. The lowest BCUT2D eigenvalue weighted by atomic mass is 9.94. The van der Waals surface area contributed by atoms with E-state index in [1.54, 1.807) is 4.90 Å². The minimum atomic E-state index is -0.747. The highest BCUT2D eigenvalue weighted by Crippen LogP contribution is 2.23. The second kappa shape index (κ2) is 5.87. The number of carboxylic acid groups (broad SMARTS) is 1. The molecule has 0 aliphatic carbocycles. The number of benzene rings is 1. The maximum atomic E-state index is 12.4. The van der Waals surface area contributed by atoms with Crippen molar-refractivity contribution in [3.05, 3.63) is 35.9 Å². The van der Waals surface area contributed by atoms with Crippen molar-refractivity contribution in [1.29, 1.82) is 0 Å². The molecule has 19 heavy (non-hydrogen) atoms. The zero-order valence-electron chi connectivity index (χ0n) is 11.1. The van der Waals surface area contributed by atoms with Gasteiger partial charge in [-0.15, -0.1) is 0 Å². The first-order chi connectivity index (χ1) is 9.09. The number of hydrogen-bond acceptors (Lipinski definition) is 2. The molecule has 0 bridgehead atoms. The number of amides is 1. The molecule has 1 aliphatic rings. The Bertz CT molecular complexity index is 450. The molecule has 0 saturated carbocycles. The van der Waals surface area contributed by atoms with E-state index in [0.717, 1.165) is 5.56 Å². The minimum Gasteiger partial charge on any atom is -0.481 e. The monoisotopic (exact) mass is 261 g/mol. The third kappa shape index (κ3) is 3.13. The van der Waals surface area contributed by atoms with Gasteiger partial charge < -0.3 is 10.0 Å². The number of rotatable bonds is 3. The molecule has 1 aliphatic heterocycles. The van der Waals surface area contributed by atoms with E-state index in [9.17, 15) is 9.59 Å². The molecule has 4 nitrogen and oxygen atoms in total. The number of nitrogens with zero attached hydrogens (tertiary/aromatic N) is 1. The number of carbonyl (C=O) groups is 2. The molecule has 1 aromatic rings. The lowest BCUT2D eigenvalue weighted by Crippen LogP contribution is -2.42. The van der Waals surface area contributed by atoms with Crippen molar-refractivity contribution in [3.63, 3.8) is 0 Å². The van der Waals surface area contributed by atoms with Crippen molar-refractivity contribution >= 4 is 11.9 Å². The van der Waals surface area contributed by atoms with Crippen molar-refractivity contribution in [2.75, 3.05) is 13.1 Å². The summed E-state index contributed by atoms with van der Waals surface area (Å²) in [5.41, 5.74) is 1.01. The van der Waals surface area contributed by atoms with Crippen LogP contribution in [0.3, 0.4) is 0 Å². The van der Waals surface area contributed by atoms with Gasteiger partial charge in [-0.1, -0.05) is 30.3 Å². The fourth-order valence-corrected chi connectivity index (χ4v) is 2.50. The summed E-state index contributed by atoms with van der Waals surface area (Å²) in [5, 5.41) is 8.95. The summed E-state index contributed by atoms with van der Waals surface area (Å²) in [6.45, 7) is 3.00. The average Bonchev–Trinajstić information content (AvgIpc) is 2.46. The van der Waals surface area contributed by atoms with E-state index in [0.29, 0.717) is 25.9 Å². The van der Waals surface area contributed by atoms with Crippen molar-refractivity contribution in [2.45, 2.75) is 25.7 Å². The highest BCUT2D eigenvalue weighted by molar-refractivity contribution is 5.83. The predicted molar refractivity (Wildman–Crippen MR) is 71.8 cm³/mol. The molecular formula is C15H19NO3. The van der Waals surface area contributed by atoms with Crippen LogP contribution in [0.1, 0.15) is 31.2 Å². The van der Waals surface area contributed by atoms with E-state index < -0.39 is 5.97 Å². The third-order valence-corrected chi connectivity index (χ3v) is 3.83. The molecular weight excluding hydrogens is 242 g/mol. The van der Waals surface area contributed by atoms with Gasteiger partial charge in [0.25, 0.3) is 0 Å². The van der Waals surface area contributed by atoms with Gasteiger partial charge in [-0.05, 0) is 25.3 Å². The van der Waals surface area contributed by atoms with Crippen molar-refractivity contribution < 1.29 is 14.7 Å². The Morgan fingerprint density at radius 3 is 2.32 bits per heavy atom. The molecule has 2 rings (SSSR count). The van der Waals surface area contributed by atoms with E-state index in [1.807, 2.05) is 37.3 Å². The Kier molecular flexibility index (Phi) is 4.20. The summed E-state index contributed by atoms with van der Waals surface area (Å²) in [7, 11) is 0. The Morgan fingerprint density at radius 1 is 1.21 bits per heavy atom. The number of hydrogen-bond donors (Lipinski definition) is 1. The number of carbonyl (C=O) groups excluding carboxylic acids is 1. The number of carboxylic acids is 1. The van der Waals surface area contributed by atoms with E-state index >= 15 is 0 Å². The largest absolute Gasteiger partial charge is 0.481 e. The maximum absolute atomic E-state index is 12.4. The van der Waals surface area contributed by atoms with E-state index in [4.69, 9.17) is 5.11 Å². The summed E-state index contributed by atoms with van der Waals surface area (Å²) in [4.78, 5) is 25.0. The topological polar surface area (TPSA) is 57.6 Å². The summed E-state index contributed by atoms with van der Waals surface area (Å²) >= 11 is 0. The summed E-state index contributed by atoms with van der Waals surface area (Å²) in [6, 6.07) is 9.68. The second-order valence-corrected chi connectivity index (χ2v) is 5.07. The van der Waals surface area contributed by atoms with Crippen LogP contribution in [0.25, 0.3) is 0 Å². The normalized spacial score (nSPS) is 18.1. The van der Waals surface area contributed by atoms with Crippen LogP contribution in [0.4, 0.5) is 0 Å². The Balaban J connectivity index is 1.96. The first-order valence-electron chi connectivity index (χ1n) is 6.66. The molecule has 1 amide bonds. The molecule has 0 spiro atoms. The summed E-state index contributed by atoms with van der Waals surface area (Å²) in [5.74, 6) is -1.11. The van der Waals surface area contributed by atoms with Gasteiger partial charge in [0.05, 0.1) is 11.8 Å². The maximum Gasteiger partial charge on any atom is 0.306 e. The lowest BCUT2D eigenvalue weighted by molar-refractivity contribution is -0.146. The van der Waals surface area contributed by atoms with Crippen LogP contribution in [0.5, 0.6) is 0 Å². The van der Waals surface area contributed by atoms with Crippen LogP contribution >= 0.6 is 0 Å². The molecule has 0 unspecified atom stereocenters. The first-order valence-corrected chi connectivity index (χ1v) is 6.66. The van der Waals surface area contributed by atoms with Crippen LogP contribution in [0.15, 0.2) is 30.3 Å². The van der Waals surface area contributed by atoms with Gasteiger partial charge in [-0.3, -0.25) is 9.59 Å². The number of aliphatic carboxylic acids is 1. The molecule has 0 aromatic heterocycles. The molecule has 1 atom stereocenters. The van der Waals surface area contributed by atoms with Crippen molar-refractivity contribution in [1.82, 2.24) is 4.90 Å². The van der Waals surface area contributed by atoms with Gasteiger partial charge in [-0.2, -0.15) is 0 Å². The fourth-order valence-electron chi connectivity index (χ4n) is 2.50. The second-order valence-electron chi connectivity index (χ2n) is 5.07. The van der Waals surface area contributed by atoms with Crippen LogP contribution in [-0.2, 0) is 9.59 Å². The van der Waals surface area contributed by atoms with Crippen molar-refractivity contribution in [2.24, 2.45) is 5.92 Å². The molecule has 1 fully saturated rings. The highest BCUT2D eigenvalue weighted by atomic mass is 16.4. The predicted octanol–water partition coefficient (Wildman–Crippen LogP) is 2.11. The van der Waals surface area contributed by atoms with E-state index in [-0.39, 0.29) is 17.7 Å². The smallest absolute Gasteiger partial charge is 0.306 e. The van der Waals surface area contributed by atoms with Crippen LogP contribution in [0, 0.1) is 5.92 Å². The molecule has 1 aromatic carbocycles. The van der Waals surface area contributed by atoms with Crippen molar-refractivity contribution in [3.8, 4) is 0 Å².